The summed E-state index contributed by atoms with van der Waals surface area (Å²) in [5.41, 5.74) is 0.701. The molecule has 1 aliphatic heterocycles. The Hall–Kier alpha value is -0.330. The number of rotatable bonds is 4. The molecule has 0 saturated carbocycles. The summed E-state index contributed by atoms with van der Waals surface area (Å²) in [6, 6.07) is 5.63. The van der Waals surface area contributed by atoms with Crippen molar-refractivity contribution in [2.24, 2.45) is 5.92 Å². The summed E-state index contributed by atoms with van der Waals surface area (Å²) in [6.45, 7) is 2.12. The van der Waals surface area contributed by atoms with Crippen molar-refractivity contribution in [1.82, 2.24) is 5.32 Å². The van der Waals surface area contributed by atoms with Gasteiger partial charge in [0.25, 0.3) is 0 Å². The van der Waals surface area contributed by atoms with Crippen molar-refractivity contribution in [3.8, 4) is 0 Å². The summed E-state index contributed by atoms with van der Waals surface area (Å²) in [6.07, 6.45) is 2.69. The molecule has 1 unspecified atom stereocenters. The molecule has 98 valence electrons. The summed E-state index contributed by atoms with van der Waals surface area (Å²) in [5, 5.41) is 6.77. The second-order valence-corrected chi connectivity index (χ2v) is 6.22. The molecule has 2 N–H and O–H groups in total. The number of nitrogens with one attached hydrogen (secondary N) is 2. The van der Waals surface area contributed by atoms with E-state index in [1.165, 1.54) is 6.42 Å². The van der Waals surface area contributed by atoms with Crippen LogP contribution in [0.15, 0.2) is 18.2 Å². The molecule has 5 heteroatoms. The van der Waals surface area contributed by atoms with Gasteiger partial charge < -0.3 is 10.6 Å². The van der Waals surface area contributed by atoms with E-state index in [2.05, 4.69) is 33.2 Å². The van der Waals surface area contributed by atoms with Crippen LogP contribution in [0.1, 0.15) is 19.3 Å². The lowest BCUT2D eigenvalue weighted by atomic mass is 10.0. The van der Waals surface area contributed by atoms with Crippen molar-refractivity contribution < 1.29 is 4.79 Å². The number of amides is 1. The molecule has 0 aromatic heterocycles. The first-order valence-electron chi connectivity index (χ1n) is 6.11. The minimum atomic E-state index is 0.0463. The second kappa shape index (κ2) is 6.73. The fourth-order valence-electron chi connectivity index (χ4n) is 2.10. The van der Waals surface area contributed by atoms with E-state index in [-0.39, 0.29) is 5.91 Å². The van der Waals surface area contributed by atoms with Crippen LogP contribution in [0.3, 0.4) is 0 Å². The number of benzene rings is 1. The van der Waals surface area contributed by atoms with Crippen molar-refractivity contribution in [3.05, 3.63) is 26.8 Å². The number of carbonyl (C=O) groups is 1. The molecular formula is C13H16ClIN2O. The van der Waals surface area contributed by atoms with Crippen LogP contribution in [0.5, 0.6) is 0 Å². The zero-order chi connectivity index (χ0) is 13.0. The van der Waals surface area contributed by atoms with E-state index >= 15 is 0 Å². The normalized spacial score (nSPS) is 18.9. The number of hydrogen-bond acceptors (Lipinski definition) is 2. The smallest absolute Gasteiger partial charge is 0.224 e. The van der Waals surface area contributed by atoms with Crippen molar-refractivity contribution >= 4 is 45.8 Å². The zero-order valence-electron chi connectivity index (χ0n) is 10.0. The predicted octanol–water partition coefficient (Wildman–Crippen LogP) is 3.27. The third kappa shape index (κ3) is 4.10. The molecule has 3 nitrogen and oxygen atoms in total. The standard InChI is InChI=1S/C13H16ClIN2O/c14-11-7-10(15)2-3-12(11)17-13(18)4-1-9-5-6-16-8-9/h2-3,7,9,16H,1,4-6,8H2,(H,17,18). The van der Waals surface area contributed by atoms with Gasteiger partial charge in [0.2, 0.25) is 5.91 Å². The Morgan fingerprint density at radius 2 is 2.39 bits per heavy atom. The van der Waals surface area contributed by atoms with Gasteiger partial charge in [0, 0.05) is 9.99 Å². The summed E-state index contributed by atoms with van der Waals surface area (Å²) in [4.78, 5) is 11.8. The van der Waals surface area contributed by atoms with Gasteiger partial charge in [-0.3, -0.25) is 4.79 Å². The maximum Gasteiger partial charge on any atom is 0.224 e. The van der Waals surface area contributed by atoms with E-state index in [1.807, 2.05) is 18.2 Å². The Kier molecular flexibility index (Phi) is 5.26. The lowest BCUT2D eigenvalue weighted by Gasteiger charge is -2.10. The van der Waals surface area contributed by atoms with Crippen molar-refractivity contribution in [2.75, 3.05) is 18.4 Å². The van der Waals surface area contributed by atoms with Crippen LogP contribution in [0, 0.1) is 9.49 Å². The fraction of sp³-hybridized carbons (Fsp3) is 0.462. The van der Waals surface area contributed by atoms with Gasteiger partial charge >= 0.3 is 0 Å². The molecule has 0 aliphatic carbocycles. The Morgan fingerprint density at radius 1 is 1.56 bits per heavy atom. The zero-order valence-corrected chi connectivity index (χ0v) is 12.9. The molecular weight excluding hydrogens is 363 g/mol. The van der Waals surface area contributed by atoms with Crippen molar-refractivity contribution in [1.29, 1.82) is 0 Å². The van der Waals surface area contributed by atoms with Crippen LogP contribution in [0.25, 0.3) is 0 Å². The molecule has 1 amide bonds. The molecule has 1 heterocycles. The Morgan fingerprint density at radius 3 is 3.06 bits per heavy atom. The average molecular weight is 379 g/mol. The lowest BCUT2D eigenvalue weighted by Crippen LogP contribution is -2.15. The Labute approximate surface area is 126 Å². The Balaban J connectivity index is 1.82. The number of halogens is 2. The average Bonchev–Trinajstić information content (AvgIpc) is 2.83. The van der Waals surface area contributed by atoms with E-state index in [9.17, 15) is 4.79 Å². The van der Waals surface area contributed by atoms with Crippen LogP contribution in [-0.4, -0.2) is 19.0 Å². The van der Waals surface area contributed by atoms with E-state index in [0.29, 0.717) is 23.0 Å². The van der Waals surface area contributed by atoms with Crippen LogP contribution in [-0.2, 0) is 4.79 Å². The fourth-order valence-corrected chi connectivity index (χ4v) is 3.00. The van der Waals surface area contributed by atoms with Crippen LogP contribution in [0.4, 0.5) is 5.69 Å². The molecule has 1 saturated heterocycles. The molecule has 0 bridgehead atoms. The molecule has 1 atom stereocenters. The van der Waals surface area contributed by atoms with Gasteiger partial charge in [-0.25, -0.2) is 0 Å². The van der Waals surface area contributed by atoms with Gasteiger partial charge in [-0.1, -0.05) is 11.6 Å². The minimum absolute atomic E-state index is 0.0463. The molecule has 1 aromatic rings. The summed E-state index contributed by atoms with van der Waals surface area (Å²) < 4.78 is 1.06. The highest BCUT2D eigenvalue weighted by molar-refractivity contribution is 14.1. The van der Waals surface area contributed by atoms with Crippen LogP contribution >= 0.6 is 34.2 Å². The molecule has 2 rings (SSSR count). The summed E-state index contributed by atoms with van der Waals surface area (Å²) in [7, 11) is 0. The van der Waals surface area contributed by atoms with E-state index < -0.39 is 0 Å². The maximum absolute atomic E-state index is 11.8. The van der Waals surface area contributed by atoms with E-state index in [4.69, 9.17) is 11.6 Å². The first kappa shape index (κ1) is 14.1. The Bertz CT molecular complexity index is 433. The highest BCUT2D eigenvalue weighted by atomic mass is 127. The van der Waals surface area contributed by atoms with Crippen molar-refractivity contribution in [3.63, 3.8) is 0 Å². The monoisotopic (exact) mass is 378 g/mol. The quantitative estimate of drug-likeness (QED) is 0.790. The predicted molar refractivity (Wildman–Crippen MR) is 83.0 cm³/mol. The minimum Gasteiger partial charge on any atom is -0.325 e. The number of hydrogen-bond donors (Lipinski definition) is 2. The SMILES string of the molecule is O=C(CCC1CCNC1)Nc1ccc(I)cc1Cl. The van der Waals surface area contributed by atoms with E-state index in [0.717, 1.165) is 23.1 Å². The van der Waals surface area contributed by atoms with Gasteiger partial charge in [-0.05, 0) is 72.6 Å². The second-order valence-electron chi connectivity index (χ2n) is 4.57. The highest BCUT2D eigenvalue weighted by Crippen LogP contribution is 2.24. The number of carbonyl (C=O) groups excluding carboxylic acids is 1. The lowest BCUT2D eigenvalue weighted by molar-refractivity contribution is -0.116. The maximum atomic E-state index is 11.8. The van der Waals surface area contributed by atoms with Gasteiger partial charge in [-0.2, -0.15) is 0 Å². The van der Waals surface area contributed by atoms with Gasteiger partial charge in [0.05, 0.1) is 10.7 Å². The molecule has 0 spiro atoms. The van der Waals surface area contributed by atoms with Crippen LogP contribution < -0.4 is 10.6 Å². The highest BCUT2D eigenvalue weighted by Gasteiger charge is 2.16. The topological polar surface area (TPSA) is 41.1 Å². The summed E-state index contributed by atoms with van der Waals surface area (Å²) in [5.74, 6) is 0.688. The molecule has 1 fully saturated rings. The first-order chi connectivity index (χ1) is 8.65. The molecule has 18 heavy (non-hydrogen) atoms. The largest absolute Gasteiger partial charge is 0.325 e. The van der Waals surface area contributed by atoms with E-state index in [1.54, 1.807) is 0 Å². The van der Waals surface area contributed by atoms with Gasteiger partial charge in [0.1, 0.15) is 0 Å². The summed E-state index contributed by atoms with van der Waals surface area (Å²) >= 11 is 8.27. The van der Waals surface area contributed by atoms with Gasteiger partial charge in [0.15, 0.2) is 0 Å². The molecule has 0 radical (unpaired) electrons. The molecule has 1 aromatic carbocycles. The van der Waals surface area contributed by atoms with Crippen molar-refractivity contribution in [2.45, 2.75) is 19.3 Å². The van der Waals surface area contributed by atoms with Gasteiger partial charge in [-0.15, -0.1) is 0 Å². The number of anilines is 1. The molecule has 1 aliphatic rings. The third-order valence-corrected chi connectivity index (χ3v) is 4.13. The third-order valence-electron chi connectivity index (χ3n) is 3.15. The van der Waals surface area contributed by atoms with Crippen LogP contribution in [0.2, 0.25) is 5.02 Å². The first-order valence-corrected chi connectivity index (χ1v) is 7.56.